The molecule has 1 aromatic heterocycles. The molecule has 1 amide bonds. The summed E-state index contributed by atoms with van der Waals surface area (Å²) in [6.07, 6.45) is 4.07. The van der Waals surface area contributed by atoms with Crippen molar-refractivity contribution in [2.24, 2.45) is 0 Å². The topological polar surface area (TPSA) is 75.4 Å². The van der Waals surface area contributed by atoms with Gasteiger partial charge < -0.3 is 9.67 Å². The smallest absolute Gasteiger partial charge is 0.352 e. The summed E-state index contributed by atoms with van der Waals surface area (Å²) in [5, 5.41) is 10.2. The summed E-state index contributed by atoms with van der Waals surface area (Å²) in [6.45, 7) is 0.956. The number of carbonyl (C=O) groups excluding carboxylic acids is 1. The fourth-order valence-corrected chi connectivity index (χ4v) is 4.58. The lowest BCUT2D eigenvalue weighted by atomic mass is 9.92. The van der Waals surface area contributed by atoms with Gasteiger partial charge in [-0.15, -0.1) is 0 Å². The molecule has 1 aromatic carbocycles. The Morgan fingerprint density at radius 3 is 3.12 bits per heavy atom. The van der Waals surface area contributed by atoms with Crippen molar-refractivity contribution in [2.75, 3.05) is 5.75 Å². The number of carbonyl (C=O) groups is 2. The molecule has 5 rings (SSSR count). The molecule has 1 N–H and O–H groups in total. The number of β-lactam (4-membered cyclic amide) rings is 1. The first-order chi connectivity index (χ1) is 11.6. The van der Waals surface area contributed by atoms with Gasteiger partial charge >= 0.3 is 5.97 Å². The molecular weight excluding hydrogens is 326 g/mol. The third kappa shape index (κ3) is 1.76. The highest BCUT2D eigenvalue weighted by Gasteiger charge is 2.48. The van der Waals surface area contributed by atoms with Crippen molar-refractivity contribution in [3.05, 3.63) is 41.1 Å². The van der Waals surface area contributed by atoms with E-state index >= 15 is 0 Å². The molecule has 0 aliphatic carbocycles. The number of aliphatic carboxylic acids is 1. The Morgan fingerprint density at radius 1 is 1.42 bits per heavy atom. The van der Waals surface area contributed by atoms with E-state index in [-0.39, 0.29) is 17.6 Å². The number of aromatic nitrogens is 2. The van der Waals surface area contributed by atoms with Gasteiger partial charge in [-0.25, -0.2) is 9.78 Å². The van der Waals surface area contributed by atoms with Crippen molar-refractivity contribution < 1.29 is 14.7 Å². The number of nitrogens with zero attached hydrogens (tertiary/aromatic N) is 3. The first kappa shape index (κ1) is 13.9. The summed E-state index contributed by atoms with van der Waals surface area (Å²) in [4.78, 5) is 29.4. The van der Waals surface area contributed by atoms with Crippen LogP contribution in [0.2, 0.25) is 0 Å². The van der Waals surface area contributed by atoms with E-state index in [2.05, 4.69) is 15.6 Å². The van der Waals surface area contributed by atoms with Gasteiger partial charge in [0.1, 0.15) is 5.70 Å². The first-order valence-corrected chi connectivity index (χ1v) is 8.74. The minimum atomic E-state index is -1.04. The predicted octanol–water partition coefficient (Wildman–Crippen LogP) is 2.11. The van der Waals surface area contributed by atoms with Crippen molar-refractivity contribution in [1.29, 1.82) is 0 Å². The molecule has 0 radical (unpaired) electrons. The average Bonchev–Trinajstić information content (AvgIpc) is 3.24. The quantitative estimate of drug-likeness (QED) is 0.670. The fraction of sp³-hybridized carbons (Fsp3) is 0.235. The number of benzene rings is 1. The number of carboxylic acids is 1. The van der Waals surface area contributed by atoms with Crippen LogP contribution in [0.3, 0.4) is 0 Å². The van der Waals surface area contributed by atoms with Crippen LogP contribution in [0.15, 0.2) is 40.7 Å². The lowest BCUT2D eigenvalue weighted by Crippen LogP contribution is -2.52. The van der Waals surface area contributed by atoms with Crippen LogP contribution in [0.25, 0.3) is 17.1 Å². The van der Waals surface area contributed by atoms with E-state index in [9.17, 15) is 9.59 Å². The maximum absolute atomic E-state index is 12.3. The number of hydrogen-bond acceptors (Lipinski definition) is 4. The summed E-state index contributed by atoms with van der Waals surface area (Å²) in [5.74, 6) is -0.207. The highest BCUT2D eigenvalue weighted by atomic mass is 32.2. The normalized spacial score (nSPS) is 23.4. The van der Waals surface area contributed by atoms with E-state index in [1.165, 1.54) is 4.90 Å². The van der Waals surface area contributed by atoms with Gasteiger partial charge in [-0.1, -0.05) is 23.9 Å². The van der Waals surface area contributed by atoms with Gasteiger partial charge in [0, 0.05) is 17.9 Å². The molecule has 3 aliphatic rings. The molecule has 24 heavy (non-hydrogen) atoms. The Bertz CT molecular complexity index is 988. The molecule has 3 aliphatic heterocycles. The molecule has 2 aromatic rings. The van der Waals surface area contributed by atoms with Gasteiger partial charge in [0.2, 0.25) is 0 Å². The maximum atomic E-state index is 12.3. The molecule has 0 saturated carbocycles. The van der Waals surface area contributed by atoms with Gasteiger partial charge in [0.15, 0.2) is 5.16 Å². The largest absolute Gasteiger partial charge is 0.477 e. The van der Waals surface area contributed by atoms with E-state index in [0.717, 1.165) is 34.1 Å². The Hall–Kier alpha value is -2.54. The second kappa shape index (κ2) is 4.73. The Morgan fingerprint density at radius 2 is 2.29 bits per heavy atom. The third-order valence-electron chi connectivity index (χ3n) is 4.76. The van der Waals surface area contributed by atoms with Crippen LogP contribution in [-0.4, -0.2) is 43.2 Å². The number of fused-ring (bicyclic) bond motifs is 4. The minimum absolute atomic E-state index is 0.100. The van der Waals surface area contributed by atoms with Crippen molar-refractivity contribution >= 4 is 40.7 Å². The zero-order chi connectivity index (χ0) is 16.4. The Labute approximate surface area is 141 Å². The maximum Gasteiger partial charge on any atom is 0.352 e. The second-order valence-corrected chi connectivity index (χ2v) is 7.13. The number of carboxylic acid groups (broad SMARTS) is 1. The van der Waals surface area contributed by atoms with Gasteiger partial charge in [0.25, 0.3) is 5.91 Å². The molecule has 1 atom stereocenters. The van der Waals surface area contributed by atoms with E-state index in [4.69, 9.17) is 5.11 Å². The van der Waals surface area contributed by atoms with E-state index in [1.54, 1.807) is 17.8 Å². The number of amides is 1. The van der Waals surface area contributed by atoms with Crippen LogP contribution in [0.4, 0.5) is 0 Å². The highest BCUT2D eigenvalue weighted by molar-refractivity contribution is 7.99. The summed E-state index contributed by atoms with van der Waals surface area (Å²) < 4.78 is 2.20. The molecule has 4 heterocycles. The molecule has 1 fully saturated rings. The van der Waals surface area contributed by atoms with Crippen LogP contribution in [0.1, 0.15) is 12.0 Å². The van der Waals surface area contributed by atoms with Crippen LogP contribution in [0.5, 0.6) is 0 Å². The number of imidazole rings is 1. The van der Waals surface area contributed by atoms with Crippen molar-refractivity contribution in [3.63, 3.8) is 0 Å². The number of aryl methyl sites for hydroxylation is 1. The SMILES string of the molecule is O=C(O)C1=CC[C@@H]2C(=Cc3ccc4nc5n(c4c3)CCS5)C(=O)N12. The standard InChI is InChI=1S/C17H13N3O3S/c21-15-10(12-3-4-13(16(22)23)20(12)15)7-9-1-2-11-14(8-9)19-5-6-24-17(19)18-11/h1-2,4,7-8,12H,3,5-6H2,(H,22,23)/t12-/m1/s1. The molecule has 0 spiro atoms. The van der Waals surface area contributed by atoms with Crippen molar-refractivity contribution in [3.8, 4) is 0 Å². The molecule has 120 valence electrons. The van der Waals surface area contributed by atoms with Crippen LogP contribution in [0, 0.1) is 0 Å². The predicted molar refractivity (Wildman–Crippen MR) is 89.4 cm³/mol. The molecule has 7 heteroatoms. The van der Waals surface area contributed by atoms with E-state index in [1.807, 2.05) is 18.2 Å². The minimum Gasteiger partial charge on any atom is -0.477 e. The zero-order valence-corrected chi connectivity index (χ0v) is 13.4. The molecule has 0 bridgehead atoms. The summed E-state index contributed by atoms with van der Waals surface area (Å²) in [5.41, 5.74) is 3.79. The fourth-order valence-electron chi connectivity index (χ4n) is 3.62. The van der Waals surface area contributed by atoms with Gasteiger partial charge in [-0.2, -0.15) is 0 Å². The molecule has 1 saturated heterocycles. The lowest BCUT2D eigenvalue weighted by Gasteiger charge is -2.38. The zero-order valence-electron chi connectivity index (χ0n) is 12.6. The van der Waals surface area contributed by atoms with Crippen LogP contribution >= 0.6 is 11.8 Å². The van der Waals surface area contributed by atoms with Gasteiger partial charge in [-0.05, 0) is 30.2 Å². The molecule has 0 unspecified atom stereocenters. The summed E-state index contributed by atoms with van der Waals surface area (Å²) in [7, 11) is 0. The Kier molecular flexibility index (Phi) is 2.73. The number of rotatable bonds is 2. The van der Waals surface area contributed by atoms with Crippen LogP contribution in [-0.2, 0) is 16.1 Å². The molecule has 6 nitrogen and oxygen atoms in total. The molecular formula is C17H13N3O3S. The lowest BCUT2D eigenvalue weighted by molar-refractivity contribution is -0.142. The average molecular weight is 339 g/mol. The van der Waals surface area contributed by atoms with Crippen molar-refractivity contribution in [1.82, 2.24) is 14.5 Å². The first-order valence-electron chi connectivity index (χ1n) is 7.75. The third-order valence-corrected chi connectivity index (χ3v) is 5.71. The van der Waals surface area contributed by atoms with E-state index < -0.39 is 5.97 Å². The van der Waals surface area contributed by atoms with Gasteiger partial charge in [0.05, 0.1) is 17.1 Å². The summed E-state index contributed by atoms with van der Waals surface area (Å²) in [6, 6.07) is 5.86. The van der Waals surface area contributed by atoms with Crippen LogP contribution < -0.4 is 0 Å². The monoisotopic (exact) mass is 339 g/mol. The van der Waals surface area contributed by atoms with Crippen molar-refractivity contribution in [2.45, 2.75) is 24.2 Å². The second-order valence-electron chi connectivity index (χ2n) is 6.06. The Balaban J connectivity index is 1.50. The summed E-state index contributed by atoms with van der Waals surface area (Å²) >= 11 is 1.76. The highest BCUT2D eigenvalue weighted by Crippen LogP contribution is 2.39. The number of thioether (sulfide) groups is 1. The number of hydrogen-bond donors (Lipinski definition) is 1. The van der Waals surface area contributed by atoms with Gasteiger partial charge in [-0.3, -0.25) is 9.69 Å². The van der Waals surface area contributed by atoms with E-state index in [0.29, 0.717) is 12.0 Å².